The molecule has 3 rings (SSSR count). The van der Waals surface area contributed by atoms with Crippen LogP contribution < -0.4 is 20.5 Å². The quantitative estimate of drug-likeness (QED) is 0.851. The molecule has 0 aliphatic carbocycles. The first-order valence-corrected chi connectivity index (χ1v) is 6.68. The molecule has 0 fully saturated rings. The van der Waals surface area contributed by atoms with Crippen molar-refractivity contribution in [1.82, 2.24) is 0 Å². The van der Waals surface area contributed by atoms with E-state index in [1.54, 1.807) is 6.07 Å². The van der Waals surface area contributed by atoms with Crippen LogP contribution in [-0.4, -0.2) is 11.8 Å². The van der Waals surface area contributed by atoms with Crippen LogP contribution in [0.5, 0.6) is 11.5 Å². The molecule has 0 amide bonds. The van der Waals surface area contributed by atoms with Gasteiger partial charge in [0.15, 0.2) is 11.5 Å². The second-order valence-electron chi connectivity index (χ2n) is 4.25. The summed E-state index contributed by atoms with van der Waals surface area (Å²) in [6, 6.07) is 11.0. The lowest BCUT2D eigenvalue weighted by Gasteiger charge is -2.10. The number of rotatable bonds is 3. The second kappa shape index (κ2) is 5.19. The molecule has 20 heavy (non-hydrogen) atoms. The molecule has 0 saturated carbocycles. The van der Waals surface area contributed by atoms with E-state index in [1.165, 1.54) is 0 Å². The summed E-state index contributed by atoms with van der Waals surface area (Å²) in [6.07, 6.45) is 0. The van der Waals surface area contributed by atoms with E-state index in [4.69, 9.17) is 39.0 Å². The van der Waals surface area contributed by atoms with Crippen LogP contribution in [0.4, 0.5) is 11.4 Å². The highest BCUT2D eigenvalue weighted by Gasteiger charge is 2.13. The number of nitrogens with two attached hydrogens (primary N) is 1. The van der Waals surface area contributed by atoms with Crippen LogP contribution in [0.3, 0.4) is 0 Å². The summed E-state index contributed by atoms with van der Waals surface area (Å²) in [4.78, 5) is 0.321. The molecular weight excluding hydrogens is 296 g/mol. The van der Waals surface area contributed by atoms with Gasteiger partial charge in [0.25, 0.3) is 0 Å². The van der Waals surface area contributed by atoms with Gasteiger partial charge in [-0.2, -0.15) is 0 Å². The van der Waals surface area contributed by atoms with Crippen molar-refractivity contribution in [3.8, 4) is 11.5 Å². The van der Waals surface area contributed by atoms with Crippen molar-refractivity contribution in [3.63, 3.8) is 0 Å². The summed E-state index contributed by atoms with van der Waals surface area (Å²) in [6.45, 7) is 0.252. The van der Waals surface area contributed by atoms with Gasteiger partial charge in [0.05, 0.1) is 10.7 Å². The van der Waals surface area contributed by atoms with Crippen LogP contribution in [0.2, 0.25) is 5.02 Å². The third-order valence-electron chi connectivity index (χ3n) is 2.91. The number of benzene rings is 2. The lowest BCUT2D eigenvalue weighted by molar-refractivity contribution is 0.174. The van der Waals surface area contributed by atoms with Crippen molar-refractivity contribution in [2.24, 2.45) is 5.73 Å². The number of ether oxygens (including phenoxy) is 2. The number of hydrogen-bond acceptors (Lipinski definition) is 4. The number of thiocarbonyl (C=S) groups is 1. The fourth-order valence-electron chi connectivity index (χ4n) is 1.90. The van der Waals surface area contributed by atoms with Crippen LogP contribution >= 0.6 is 23.8 Å². The highest BCUT2D eigenvalue weighted by atomic mass is 35.5. The number of hydrogen-bond donors (Lipinski definition) is 2. The van der Waals surface area contributed by atoms with E-state index in [1.807, 2.05) is 30.3 Å². The van der Waals surface area contributed by atoms with Gasteiger partial charge in [0, 0.05) is 17.3 Å². The molecule has 0 spiro atoms. The summed E-state index contributed by atoms with van der Waals surface area (Å²) in [5.74, 6) is 1.45. The zero-order chi connectivity index (χ0) is 14.1. The Hall–Kier alpha value is -1.98. The van der Waals surface area contributed by atoms with E-state index in [0.717, 1.165) is 22.7 Å². The third-order valence-corrected chi connectivity index (χ3v) is 3.45. The molecule has 1 heterocycles. The van der Waals surface area contributed by atoms with Gasteiger partial charge < -0.3 is 20.5 Å². The smallest absolute Gasteiger partial charge is 0.231 e. The van der Waals surface area contributed by atoms with Crippen molar-refractivity contribution in [3.05, 3.63) is 47.0 Å². The molecule has 2 aromatic carbocycles. The van der Waals surface area contributed by atoms with Gasteiger partial charge >= 0.3 is 0 Å². The maximum absolute atomic E-state index is 6.21. The largest absolute Gasteiger partial charge is 0.454 e. The standard InChI is InChI=1S/C14H11ClN2O2S/c15-10-5-8(14(16)20)1-3-11(10)17-9-2-4-12-13(6-9)19-7-18-12/h1-6,17H,7H2,(H2,16,20). The zero-order valence-corrected chi connectivity index (χ0v) is 11.9. The molecule has 1 aliphatic heterocycles. The lowest BCUT2D eigenvalue weighted by Crippen LogP contribution is -2.09. The highest BCUT2D eigenvalue weighted by Crippen LogP contribution is 2.36. The van der Waals surface area contributed by atoms with Crippen LogP contribution in [0.25, 0.3) is 0 Å². The Bertz CT molecular complexity index is 691. The first kappa shape index (κ1) is 13.0. The first-order valence-electron chi connectivity index (χ1n) is 5.89. The van der Waals surface area contributed by atoms with Crippen molar-refractivity contribution in [1.29, 1.82) is 0 Å². The molecular formula is C14H11ClN2O2S. The Labute approximate surface area is 126 Å². The Kier molecular flexibility index (Phi) is 3.38. The van der Waals surface area contributed by atoms with E-state index >= 15 is 0 Å². The van der Waals surface area contributed by atoms with E-state index in [0.29, 0.717) is 15.8 Å². The predicted molar refractivity (Wildman–Crippen MR) is 83.2 cm³/mol. The molecule has 0 atom stereocenters. The zero-order valence-electron chi connectivity index (χ0n) is 10.4. The van der Waals surface area contributed by atoms with Crippen LogP contribution in [-0.2, 0) is 0 Å². The average molecular weight is 307 g/mol. The number of fused-ring (bicyclic) bond motifs is 1. The van der Waals surface area contributed by atoms with Gasteiger partial charge in [-0.1, -0.05) is 23.8 Å². The fraction of sp³-hybridized carbons (Fsp3) is 0.0714. The normalized spacial score (nSPS) is 12.2. The van der Waals surface area contributed by atoms with Crippen molar-refractivity contribution >= 4 is 40.2 Å². The van der Waals surface area contributed by atoms with E-state index in [9.17, 15) is 0 Å². The number of anilines is 2. The van der Waals surface area contributed by atoms with Crippen molar-refractivity contribution < 1.29 is 9.47 Å². The second-order valence-corrected chi connectivity index (χ2v) is 5.10. The minimum absolute atomic E-state index is 0.252. The minimum atomic E-state index is 0.252. The summed E-state index contributed by atoms with van der Waals surface area (Å²) in [7, 11) is 0. The van der Waals surface area contributed by atoms with Crippen molar-refractivity contribution in [2.45, 2.75) is 0 Å². The summed E-state index contributed by atoms with van der Waals surface area (Å²) in [5, 5.41) is 3.77. The van der Waals surface area contributed by atoms with Crippen molar-refractivity contribution in [2.75, 3.05) is 12.1 Å². The number of nitrogens with one attached hydrogen (secondary N) is 1. The molecule has 3 N–H and O–H groups in total. The Morgan fingerprint density at radius 1 is 1.15 bits per heavy atom. The van der Waals surface area contributed by atoms with E-state index < -0.39 is 0 Å². The maximum atomic E-state index is 6.21. The molecule has 0 unspecified atom stereocenters. The first-order chi connectivity index (χ1) is 9.63. The Balaban J connectivity index is 1.86. The number of halogens is 1. The molecule has 6 heteroatoms. The van der Waals surface area contributed by atoms with Gasteiger partial charge in [0.1, 0.15) is 4.99 Å². The molecule has 0 saturated heterocycles. The molecule has 1 aliphatic rings. The molecule has 0 aromatic heterocycles. The van der Waals surface area contributed by atoms with Crippen LogP contribution in [0.1, 0.15) is 5.56 Å². The molecule has 0 radical (unpaired) electrons. The highest BCUT2D eigenvalue weighted by molar-refractivity contribution is 7.80. The van der Waals surface area contributed by atoms with Gasteiger partial charge in [0.2, 0.25) is 6.79 Å². The van der Waals surface area contributed by atoms with E-state index in [-0.39, 0.29) is 6.79 Å². The van der Waals surface area contributed by atoms with Gasteiger partial charge in [-0.25, -0.2) is 0 Å². The predicted octanol–water partition coefficient (Wildman–Crippen LogP) is 3.45. The molecule has 4 nitrogen and oxygen atoms in total. The Morgan fingerprint density at radius 3 is 2.70 bits per heavy atom. The SMILES string of the molecule is NC(=S)c1ccc(Nc2ccc3c(c2)OCO3)c(Cl)c1. The monoisotopic (exact) mass is 306 g/mol. The fourth-order valence-corrected chi connectivity index (χ4v) is 2.25. The van der Waals surface area contributed by atoms with Gasteiger partial charge in [-0.3, -0.25) is 0 Å². The van der Waals surface area contributed by atoms with Gasteiger partial charge in [-0.15, -0.1) is 0 Å². The molecule has 0 bridgehead atoms. The van der Waals surface area contributed by atoms with E-state index in [2.05, 4.69) is 5.32 Å². The summed E-state index contributed by atoms with van der Waals surface area (Å²) < 4.78 is 10.6. The maximum Gasteiger partial charge on any atom is 0.231 e. The summed E-state index contributed by atoms with van der Waals surface area (Å²) >= 11 is 11.1. The van der Waals surface area contributed by atoms with Crippen LogP contribution in [0, 0.1) is 0 Å². The third kappa shape index (κ3) is 2.50. The summed E-state index contributed by atoms with van der Waals surface area (Å²) in [5.41, 5.74) is 7.94. The molecule has 2 aromatic rings. The van der Waals surface area contributed by atoms with Gasteiger partial charge in [-0.05, 0) is 30.3 Å². The topological polar surface area (TPSA) is 56.5 Å². The minimum Gasteiger partial charge on any atom is -0.454 e. The molecule has 102 valence electrons. The average Bonchev–Trinajstić information content (AvgIpc) is 2.88. The van der Waals surface area contributed by atoms with Crippen LogP contribution in [0.15, 0.2) is 36.4 Å². The Morgan fingerprint density at radius 2 is 1.95 bits per heavy atom. The lowest BCUT2D eigenvalue weighted by atomic mass is 10.2.